The third-order valence-electron chi connectivity index (χ3n) is 3.78. The number of nitrogens with one attached hydrogen (secondary N) is 1. The van der Waals surface area contributed by atoms with Crippen LogP contribution < -0.4 is 10.5 Å². The minimum Gasteiger partial charge on any atom is -0.350 e. The number of hydrogen-bond donors (Lipinski definition) is 2. The van der Waals surface area contributed by atoms with E-state index in [0.29, 0.717) is 12.2 Å². The van der Waals surface area contributed by atoms with E-state index in [0.717, 1.165) is 12.8 Å². The highest BCUT2D eigenvalue weighted by molar-refractivity contribution is 7.89. The zero-order valence-electron chi connectivity index (χ0n) is 11.1. The van der Waals surface area contributed by atoms with Crippen molar-refractivity contribution in [3.8, 4) is 0 Å². The highest BCUT2D eigenvalue weighted by Gasteiger charge is 2.32. The minimum atomic E-state index is -3.78. The second-order valence-corrected chi connectivity index (χ2v) is 7.13. The number of carbonyl (C=O) groups is 1. The van der Waals surface area contributed by atoms with Crippen LogP contribution in [0.15, 0.2) is 17.2 Å². The lowest BCUT2D eigenvalue weighted by Gasteiger charge is -2.38. The molecular formula is C12H19N3O3S. The molecule has 3 N–H and O–H groups in total. The molecular weight excluding hydrogens is 266 g/mol. The third kappa shape index (κ3) is 2.98. The van der Waals surface area contributed by atoms with Crippen LogP contribution in [-0.4, -0.2) is 25.4 Å². The molecule has 1 saturated carbocycles. The van der Waals surface area contributed by atoms with Gasteiger partial charge in [0.2, 0.25) is 10.0 Å². The standard InChI is InChI=1S/C12H19N3O3S/c1-12(4-3-5-12)8-14-11(16)10-6-9(7-15(10)2)19(13,17)18/h6-7H,3-5,8H2,1-2H3,(H,14,16)(H2,13,17,18). The highest BCUT2D eigenvalue weighted by atomic mass is 32.2. The Morgan fingerprint density at radius 2 is 2.16 bits per heavy atom. The van der Waals surface area contributed by atoms with Gasteiger partial charge < -0.3 is 9.88 Å². The SMILES string of the molecule is Cn1cc(S(N)(=O)=O)cc1C(=O)NCC1(C)CCC1. The van der Waals surface area contributed by atoms with E-state index in [2.05, 4.69) is 12.2 Å². The van der Waals surface area contributed by atoms with Crippen molar-refractivity contribution in [2.45, 2.75) is 31.1 Å². The maximum atomic E-state index is 12.0. The van der Waals surface area contributed by atoms with Gasteiger partial charge in [0.15, 0.2) is 0 Å². The van der Waals surface area contributed by atoms with Crippen molar-refractivity contribution in [1.82, 2.24) is 9.88 Å². The lowest BCUT2D eigenvalue weighted by Crippen LogP contribution is -2.40. The summed E-state index contributed by atoms with van der Waals surface area (Å²) < 4.78 is 23.9. The first-order valence-corrected chi connectivity index (χ1v) is 7.73. The minimum absolute atomic E-state index is 0.0463. The van der Waals surface area contributed by atoms with Gasteiger partial charge in [-0.15, -0.1) is 0 Å². The predicted molar refractivity (Wildman–Crippen MR) is 71.1 cm³/mol. The Morgan fingerprint density at radius 3 is 2.58 bits per heavy atom. The van der Waals surface area contributed by atoms with Gasteiger partial charge in [0.1, 0.15) is 10.6 Å². The fourth-order valence-corrected chi connectivity index (χ4v) is 2.84. The molecule has 0 unspecified atom stereocenters. The van der Waals surface area contributed by atoms with E-state index in [1.165, 1.54) is 23.3 Å². The van der Waals surface area contributed by atoms with Crippen LogP contribution >= 0.6 is 0 Å². The maximum absolute atomic E-state index is 12.0. The van der Waals surface area contributed by atoms with Gasteiger partial charge in [-0.3, -0.25) is 4.79 Å². The molecule has 1 aromatic heterocycles. The zero-order valence-corrected chi connectivity index (χ0v) is 12.0. The zero-order chi connectivity index (χ0) is 14.3. The molecule has 0 radical (unpaired) electrons. The Hall–Kier alpha value is -1.34. The van der Waals surface area contributed by atoms with Crippen molar-refractivity contribution in [3.63, 3.8) is 0 Å². The normalized spacial score (nSPS) is 17.8. The number of carbonyl (C=O) groups excluding carboxylic acids is 1. The molecule has 1 aliphatic carbocycles. The number of sulfonamides is 1. The van der Waals surface area contributed by atoms with Crippen LogP contribution in [0, 0.1) is 5.41 Å². The van der Waals surface area contributed by atoms with Gasteiger partial charge in [-0.1, -0.05) is 13.3 Å². The van der Waals surface area contributed by atoms with Crippen LogP contribution in [0.4, 0.5) is 0 Å². The number of amides is 1. The van der Waals surface area contributed by atoms with E-state index in [-0.39, 0.29) is 16.2 Å². The van der Waals surface area contributed by atoms with Crippen molar-refractivity contribution < 1.29 is 13.2 Å². The third-order valence-corrected chi connectivity index (χ3v) is 4.66. The van der Waals surface area contributed by atoms with E-state index in [1.54, 1.807) is 7.05 Å². The van der Waals surface area contributed by atoms with Crippen molar-refractivity contribution in [2.24, 2.45) is 17.6 Å². The summed E-state index contributed by atoms with van der Waals surface area (Å²) in [6.07, 6.45) is 4.77. The molecule has 0 bridgehead atoms. The average molecular weight is 285 g/mol. The smallest absolute Gasteiger partial charge is 0.267 e. The Morgan fingerprint density at radius 1 is 1.53 bits per heavy atom. The first-order valence-electron chi connectivity index (χ1n) is 6.19. The summed E-state index contributed by atoms with van der Waals surface area (Å²) in [6, 6.07) is 1.30. The summed E-state index contributed by atoms with van der Waals surface area (Å²) >= 11 is 0. The summed E-state index contributed by atoms with van der Waals surface area (Å²) in [4.78, 5) is 12.0. The van der Waals surface area contributed by atoms with E-state index < -0.39 is 10.0 Å². The van der Waals surface area contributed by atoms with Crippen LogP contribution in [0.2, 0.25) is 0 Å². The van der Waals surface area contributed by atoms with Crippen LogP contribution in [0.5, 0.6) is 0 Å². The van der Waals surface area contributed by atoms with Crippen LogP contribution in [0.25, 0.3) is 0 Å². The van der Waals surface area contributed by atoms with Crippen LogP contribution in [0.1, 0.15) is 36.7 Å². The molecule has 1 heterocycles. The molecule has 0 spiro atoms. The Bertz CT molecular complexity index is 600. The van der Waals surface area contributed by atoms with Crippen LogP contribution in [-0.2, 0) is 17.1 Å². The molecule has 19 heavy (non-hydrogen) atoms. The molecule has 6 nitrogen and oxygen atoms in total. The topological polar surface area (TPSA) is 94.2 Å². The molecule has 0 atom stereocenters. The second kappa shape index (κ2) is 4.64. The van der Waals surface area contributed by atoms with E-state index >= 15 is 0 Å². The lowest BCUT2D eigenvalue weighted by molar-refractivity contribution is 0.0883. The summed E-state index contributed by atoms with van der Waals surface area (Å²) in [7, 11) is -2.16. The highest BCUT2D eigenvalue weighted by Crippen LogP contribution is 2.39. The molecule has 0 aromatic carbocycles. The number of nitrogens with two attached hydrogens (primary N) is 1. The van der Waals surface area contributed by atoms with Gasteiger partial charge >= 0.3 is 0 Å². The monoisotopic (exact) mass is 285 g/mol. The molecule has 2 rings (SSSR count). The molecule has 0 saturated heterocycles. The van der Waals surface area contributed by atoms with Gasteiger partial charge in [-0.05, 0) is 24.3 Å². The number of aryl methyl sites for hydroxylation is 1. The first kappa shape index (κ1) is 14.1. The van der Waals surface area contributed by atoms with Crippen molar-refractivity contribution >= 4 is 15.9 Å². The number of hydrogen-bond acceptors (Lipinski definition) is 3. The molecule has 1 fully saturated rings. The Labute approximate surface area is 113 Å². The molecule has 7 heteroatoms. The van der Waals surface area contributed by atoms with E-state index in [4.69, 9.17) is 5.14 Å². The number of primary sulfonamides is 1. The summed E-state index contributed by atoms with van der Waals surface area (Å²) in [6.45, 7) is 2.75. The Balaban J connectivity index is 2.09. The summed E-state index contributed by atoms with van der Waals surface area (Å²) in [5.41, 5.74) is 0.482. The lowest BCUT2D eigenvalue weighted by atomic mass is 9.70. The Kier molecular flexibility index (Phi) is 3.44. The second-order valence-electron chi connectivity index (χ2n) is 5.56. The van der Waals surface area contributed by atoms with E-state index in [1.807, 2.05) is 0 Å². The van der Waals surface area contributed by atoms with E-state index in [9.17, 15) is 13.2 Å². The predicted octanol–water partition coefficient (Wildman–Crippen LogP) is 0.592. The van der Waals surface area contributed by atoms with Gasteiger partial charge in [0.05, 0.1) is 0 Å². The fourth-order valence-electron chi connectivity index (χ4n) is 2.26. The van der Waals surface area contributed by atoms with Crippen molar-refractivity contribution in [2.75, 3.05) is 6.54 Å². The van der Waals surface area contributed by atoms with Crippen molar-refractivity contribution in [1.29, 1.82) is 0 Å². The van der Waals surface area contributed by atoms with Gasteiger partial charge in [-0.2, -0.15) is 0 Å². The number of aromatic nitrogens is 1. The fraction of sp³-hybridized carbons (Fsp3) is 0.583. The average Bonchev–Trinajstić information content (AvgIpc) is 2.65. The quantitative estimate of drug-likeness (QED) is 0.847. The molecule has 0 aliphatic heterocycles. The molecule has 1 aromatic rings. The first-order chi connectivity index (χ1) is 8.71. The van der Waals surface area contributed by atoms with Crippen molar-refractivity contribution in [3.05, 3.63) is 18.0 Å². The number of nitrogens with zero attached hydrogens (tertiary/aromatic N) is 1. The maximum Gasteiger partial charge on any atom is 0.267 e. The van der Waals surface area contributed by atoms with Gasteiger partial charge in [-0.25, -0.2) is 13.6 Å². The van der Waals surface area contributed by atoms with Gasteiger partial charge in [0.25, 0.3) is 5.91 Å². The largest absolute Gasteiger partial charge is 0.350 e. The number of rotatable bonds is 4. The van der Waals surface area contributed by atoms with Gasteiger partial charge in [0, 0.05) is 19.8 Å². The summed E-state index contributed by atoms with van der Waals surface area (Å²) in [5.74, 6) is -0.273. The summed E-state index contributed by atoms with van der Waals surface area (Å²) in [5, 5.41) is 7.89. The van der Waals surface area contributed by atoms with Crippen LogP contribution in [0.3, 0.4) is 0 Å². The molecule has 1 amide bonds. The molecule has 106 valence electrons. The molecule has 1 aliphatic rings.